The zero-order chi connectivity index (χ0) is 13.8. The second kappa shape index (κ2) is 5.36. The Morgan fingerprint density at radius 1 is 1.11 bits per heavy atom. The minimum atomic E-state index is -0.283. The summed E-state index contributed by atoms with van der Waals surface area (Å²) in [7, 11) is 0. The van der Waals surface area contributed by atoms with E-state index in [4.69, 9.17) is 5.73 Å². The van der Waals surface area contributed by atoms with Crippen LogP contribution in [0.25, 0.3) is 11.3 Å². The Kier molecular flexibility index (Phi) is 3.63. The molecule has 0 bridgehead atoms. The molecule has 0 aliphatic carbocycles. The lowest BCUT2D eigenvalue weighted by atomic mass is 10.00. The number of nitriles is 1. The zero-order valence-corrected chi connectivity index (χ0v) is 10.5. The number of hydrogen-bond donors (Lipinski definition) is 1. The summed E-state index contributed by atoms with van der Waals surface area (Å²) < 4.78 is 13.2. The number of rotatable bonds is 2. The molecule has 0 spiro atoms. The van der Waals surface area contributed by atoms with Gasteiger partial charge in [-0.05, 0) is 41.8 Å². The van der Waals surface area contributed by atoms with Crippen LogP contribution >= 0.6 is 0 Å². The van der Waals surface area contributed by atoms with Crippen molar-refractivity contribution in [1.29, 1.82) is 5.26 Å². The monoisotopic (exact) mass is 252 g/mol. The van der Waals surface area contributed by atoms with Crippen molar-refractivity contribution in [3.63, 3.8) is 0 Å². The van der Waals surface area contributed by atoms with Crippen LogP contribution < -0.4 is 5.73 Å². The fraction of sp³-hybridized carbons (Fsp3) is 0.0625. The first kappa shape index (κ1) is 12.8. The Morgan fingerprint density at radius 3 is 2.37 bits per heavy atom. The molecular formula is C16H13FN2. The highest BCUT2D eigenvalue weighted by Gasteiger charge is 2.09. The second-order valence-corrected chi connectivity index (χ2v) is 4.23. The van der Waals surface area contributed by atoms with Crippen LogP contribution in [0.3, 0.4) is 0 Å². The molecule has 0 fully saturated rings. The topological polar surface area (TPSA) is 49.8 Å². The first-order valence-electron chi connectivity index (χ1n) is 5.85. The van der Waals surface area contributed by atoms with Gasteiger partial charge in [-0.1, -0.05) is 30.3 Å². The van der Waals surface area contributed by atoms with Gasteiger partial charge < -0.3 is 5.73 Å². The Hall–Kier alpha value is -2.60. The Morgan fingerprint density at radius 2 is 1.79 bits per heavy atom. The lowest BCUT2D eigenvalue weighted by molar-refractivity contribution is 0.618. The molecule has 3 heteroatoms. The molecule has 0 heterocycles. The summed E-state index contributed by atoms with van der Waals surface area (Å²) in [5, 5.41) is 9.27. The highest BCUT2D eigenvalue weighted by molar-refractivity contribution is 5.96. The van der Waals surface area contributed by atoms with E-state index in [1.54, 1.807) is 19.1 Å². The van der Waals surface area contributed by atoms with E-state index in [1.165, 1.54) is 6.07 Å². The van der Waals surface area contributed by atoms with Crippen molar-refractivity contribution in [2.75, 3.05) is 0 Å². The van der Waals surface area contributed by atoms with Crippen molar-refractivity contribution in [1.82, 2.24) is 0 Å². The second-order valence-electron chi connectivity index (χ2n) is 4.23. The molecule has 0 radical (unpaired) electrons. The average molecular weight is 252 g/mol. The van der Waals surface area contributed by atoms with Crippen LogP contribution in [0.4, 0.5) is 4.39 Å². The van der Waals surface area contributed by atoms with Crippen LogP contribution in [0, 0.1) is 24.1 Å². The van der Waals surface area contributed by atoms with Gasteiger partial charge >= 0.3 is 0 Å². The molecule has 0 aliphatic rings. The molecule has 0 saturated carbocycles. The summed E-state index contributed by atoms with van der Waals surface area (Å²) in [5.74, 6) is -0.283. The minimum absolute atomic E-state index is 0.283. The molecule has 2 aromatic rings. The standard InChI is InChI=1S/C16H13FN2/c1-11-9-13(7-8-15(11)17)16(19)14(10-18)12-5-3-2-4-6-12/h2-9H,19H2,1H3/b16-14+. The summed E-state index contributed by atoms with van der Waals surface area (Å²) in [6, 6.07) is 15.9. The van der Waals surface area contributed by atoms with E-state index in [0.717, 1.165) is 5.56 Å². The Balaban J connectivity index is 2.56. The number of halogens is 1. The molecule has 0 aromatic heterocycles. The number of hydrogen-bond acceptors (Lipinski definition) is 2. The molecule has 0 atom stereocenters. The first-order valence-corrected chi connectivity index (χ1v) is 5.85. The maximum Gasteiger partial charge on any atom is 0.126 e. The van der Waals surface area contributed by atoms with Crippen LogP contribution in [0.5, 0.6) is 0 Å². The van der Waals surface area contributed by atoms with Crippen molar-refractivity contribution in [3.8, 4) is 6.07 Å². The molecule has 2 nitrogen and oxygen atoms in total. The van der Waals surface area contributed by atoms with Gasteiger partial charge in [0.1, 0.15) is 11.9 Å². The third-order valence-corrected chi connectivity index (χ3v) is 2.91. The zero-order valence-electron chi connectivity index (χ0n) is 10.5. The molecule has 0 unspecified atom stereocenters. The number of nitrogens with zero attached hydrogens (tertiary/aromatic N) is 1. The molecule has 2 N–H and O–H groups in total. The van der Waals surface area contributed by atoms with E-state index >= 15 is 0 Å². The number of nitrogens with two attached hydrogens (primary N) is 1. The van der Waals surface area contributed by atoms with Crippen LogP contribution in [0.2, 0.25) is 0 Å². The summed E-state index contributed by atoms with van der Waals surface area (Å²) in [5.41, 5.74) is 8.70. The molecule has 94 valence electrons. The third kappa shape index (κ3) is 2.63. The SMILES string of the molecule is Cc1cc(/C(N)=C(/C#N)c2ccccc2)ccc1F. The van der Waals surface area contributed by atoms with Crippen LogP contribution in [-0.2, 0) is 0 Å². The molecule has 2 aromatic carbocycles. The van der Waals surface area contributed by atoms with Gasteiger partial charge in [0.25, 0.3) is 0 Å². The van der Waals surface area contributed by atoms with Gasteiger partial charge in [-0.25, -0.2) is 4.39 Å². The van der Waals surface area contributed by atoms with Crippen molar-refractivity contribution >= 4 is 11.3 Å². The third-order valence-electron chi connectivity index (χ3n) is 2.91. The van der Waals surface area contributed by atoms with Crippen molar-refractivity contribution in [3.05, 3.63) is 71.0 Å². The average Bonchev–Trinajstić information content (AvgIpc) is 2.44. The van der Waals surface area contributed by atoms with Gasteiger partial charge in [-0.2, -0.15) is 5.26 Å². The van der Waals surface area contributed by atoms with Crippen molar-refractivity contribution < 1.29 is 4.39 Å². The smallest absolute Gasteiger partial charge is 0.126 e. The van der Waals surface area contributed by atoms with Gasteiger partial charge in [0.2, 0.25) is 0 Å². The van der Waals surface area contributed by atoms with Crippen molar-refractivity contribution in [2.45, 2.75) is 6.92 Å². The van der Waals surface area contributed by atoms with E-state index in [1.807, 2.05) is 30.3 Å². The fourth-order valence-corrected chi connectivity index (χ4v) is 1.84. The predicted molar refractivity (Wildman–Crippen MR) is 74.2 cm³/mol. The van der Waals surface area contributed by atoms with E-state index in [0.29, 0.717) is 22.4 Å². The number of benzene rings is 2. The highest BCUT2D eigenvalue weighted by Crippen LogP contribution is 2.23. The van der Waals surface area contributed by atoms with Crippen LogP contribution in [0.1, 0.15) is 16.7 Å². The number of aryl methyl sites for hydroxylation is 1. The maximum absolute atomic E-state index is 13.2. The maximum atomic E-state index is 13.2. The fourth-order valence-electron chi connectivity index (χ4n) is 1.84. The summed E-state index contributed by atoms with van der Waals surface area (Å²) in [4.78, 5) is 0. The van der Waals surface area contributed by atoms with Gasteiger partial charge in [0.05, 0.1) is 11.3 Å². The van der Waals surface area contributed by atoms with Crippen LogP contribution in [0.15, 0.2) is 48.5 Å². The van der Waals surface area contributed by atoms with E-state index in [2.05, 4.69) is 6.07 Å². The first-order chi connectivity index (χ1) is 9.13. The van der Waals surface area contributed by atoms with Gasteiger partial charge in [-0.15, -0.1) is 0 Å². The Labute approximate surface area is 111 Å². The van der Waals surface area contributed by atoms with E-state index in [9.17, 15) is 9.65 Å². The molecule has 2 rings (SSSR count). The lowest BCUT2D eigenvalue weighted by Crippen LogP contribution is -2.01. The van der Waals surface area contributed by atoms with Gasteiger partial charge in [0.15, 0.2) is 0 Å². The predicted octanol–water partition coefficient (Wildman–Crippen LogP) is 3.48. The van der Waals surface area contributed by atoms with Crippen LogP contribution in [-0.4, -0.2) is 0 Å². The molecule has 0 saturated heterocycles. The number of allylic oxidation sites excluding steroid dienone is 1. The largest absolute Gasteiger partial charge is 0.397 e. The van der Waals surface area contributed by atoms with Crippen molar-refractivity contribution in [2.24, 2.45) is 5.73 Å². The van der Waals surface area contributed by atoms with E-state index in [-0.39, 0.29) is 5.82 Å². The van der Waals surface area contributed by atoms with E-state index < -0.39 is 0 Å². The normalized spacial score (nSPS) is 11.6. The summed E-state index contributed by atoms with van der Waals surface area (Å²) >= 11 is 0. The van der Waals surface area contributed by atoms with Gasteiger partial charge in [0, 0.05) is 0 Å². The molecule has 19 heavy (non-hydrogen) atoms. The highest BCUT2D eigenvalue weighted by atomic mass is 19.1. The molecule has 0 amide bonds. The molecule has 0 aliphatic heterocycles. The summed E-state index contributed by atoms with van der Waals surface area (Å²) in [6.45, 7) is 1.67. The Bertz CT molecular complexity index is 667. The quantitative estimate of drug-likeness (QED) is 0.657. The molecular weight excluding hydrogens is 239 g/mol. The minimum Gasteiger partial charge on any atom is -0.397 e. The lowest BCUT2D eigenvalue weighted by Gasteiger charge is -2.07. The van der Waals surface area contributed by atoms with Gasteiger partial charge in [-0.3, -0.25) is 0 Å². The summed E-state index contributed by atoms with van der Waals surface area (Å²) in [6.07, 6.45) is 0.